The molecular formula is C13H13F2NO3. The summed E-state index contributed by atoms with van der Waals surface area (Å²) in [6.45, 7) is 0. The standard InChI is InChI=1S/C13H13F2NO3/c1-19-13(18)11-3-2-4-12(17)16(11)10-6-5-8(14)7-9(10)15/h5-7,11H,2-4H2,1H3. The lowest BCUT2D eigenvalue weighted by molar-refractivity contribution is -0.144. The summed E-state index contributed by atoms with van der Waals surface area (Å²) in [7, 11) is 1.21. The van der Waals surface area contributed by atoms with E-state index in [9.17, 15) is 18.4 Å². The normalized spacial score (nSPS) is 19.4. The number of benzene rings is 1. The van der Waals surface area contributed by atoms with E-state index in [1.165, 1.54) is 7.11 Å². The van der Waals surface area contributed by atoms with Crippen LogP contribution < -0.4 is 4.90 Å². The van der Waals surface area contributed by atoms with Gasteiger partial charge in [-0.2, -0.15) is 0 Å². The molecule has 0 bridgehead atoms. The van der Waals surface area contributed by atoms with E-state index >= 15 is 0 Å². The van der Waals surface area contributed by atoms with Gasteiger partial charge in [0.1, 0.15) is 17.7 Å². The number of anilines is 1. The Labute approximate surface area is 109 Å². The zero-order chi connectivity index (χ0) is 14.0. The number of piperidine rings is 1. The Balaban J connectivity index is 2.41. The van der Waals surface area contributed by atoms with Crippen molar-refractivity contribution in [3.05, 3.63) is 29.8 Å². The highest BCUT2D eigenvalue weighted by Crippen LogP contribution is 2.29. The molecular weight excluding hydrogens is 256 g/mol. The van der Waals surface area contributed by atoms with Gasteiger partial charge in [-0.1, -0.05) is 0 Å². The van der Waals surface area contributed by atoms with Gasteiger partial charge in [0.15, 0.2) is 0 Å². The fourth-order valence-corrected chi connectivity index (χ4v) is 2.21. The molecule has 1 unspecified atom stereocenters. The molecule has 1 fully saturated rings. The Morgan fingerprint density at radius 2 is 2.16 bits per heavy atom. The molecule has 0 spiro atoms. The van der Waals surface area contributed by atoms with E-state index in [0.717, 1.165) is 17.0 Å². The van der Waals surface area contributed by atoms with Crippen molar-refractivity contribution >= 4 is 17.6 Å². The second-order valence-corrected chi connectivity index (χ2v) is 4.29. The third kappa shape index (κ3) is 2.57. The molecule has 19 heavy (non-hydrogen) atoms. The molecule has 0 N–H and O–H groups in total. The highest BCUT2D eigenvalue weighted by molar-refractivity contribution is 6.00. The number of ether oxygens (including phenoxy) is 1. The average molecular weight is 269 g/mol. The van der Waals surface area contributed by atoms with Crippen LogP contribution in [0.5, 0.6) is 0 Å². The van der Waals surface area contributed by atoms with Crippen molar-refractivity contribution in [3.63, 3.8) is 0 Å². The molecule has 2 rings (SSSR count). The van der Waals surface area contributed by atoms with Crippen LogP contribution in [-0.2, 0) is 14.3 Å². The van der Waals surface area contributed by atoms with Crippen LogP contribution in [0.25, 0.3) is 0 Å². The molecule has 0 radical (unpaired) electrons. The van der Waals surface area contributed by atoms with Crippen molar-refractivity contribution in [1.82, 2.24) is 0 Å². The summed E-state index contributed by atoms with van der Waals surface area (Å²) in [6, 6.07) is 2.04. The molecule has 0 saturated carbocycles. The second kappa shape index (κ2) is 5.34. The molecule has 1 atom stereocenters. The Bertz CT molecular complexity index is 519. The first-order valence-corrected chi connectivity index (χ1v) is 5.89. The maximum absolute atomic E-state index is 13.8. The van der Waals surface area contributed by atoms with Gasteiger partial charge in [0, 0.05) is 12.5 Å². The number of carbonyl (C=O) groups is 2. The molecule has 4 nitrogen and oxygen atoms in total. The van der Waals surface area contributed by atoms with Crippen molar-refractivity contribution in [1.29, 1.82) is 0 Å². The molecule has 0 aromatic heterocycles. The van der Waals surface area contributed by atoms with Gasteiger partial charge in [-0.25, -0.2) is 13.6 Å². The third-order valence-corrected chi connectivity index (χ3v) is 3.09. The zero-order valence-electron chi connectivity index (χ0n) is 10.4. The van der Waals surface area contributed by atoms with Crippen molar-refractivity contribution in [2.45, 2.75) is 25.3 Å². The van der Waals surface area contributed by atoms with Crippen molar-refractivity contribution in [3.8, 4) is 0 Å². The molecule has 6 heteroatoms. The Hall–Kier alpha value is -1.98. The summed E-state index contributed by atoms with van der Waals surface area (Å²) >= 11 is 0. The van der Waals surface area contributed by atoms with Gasteiger partial charge in [0.05, 0.1) is 12.8 Å². The average Bonchev–Trinajstić information content (AvgIpc) is 2.38. The molecule has 1 aromatic rings. The largest absolute Gasteiger partial charge is 0.467 e. The lowest BCUT2D eigenvalue weighted by Gasteiger charge is -2.33. The summed E-state index contributed by atoms with van der Waals surface area (Å²) in [5.74, 6) is -2.58. The molecule has 1 saturated heterocycles. The monoisotopic (exact) mass is 269 g/mol. The molecule has 102 valence electrons. The molecule has 1 heterocycles. The maximum atomic E-state index is 13.8. The third-order valence-electron chi connectivity index (χ3n) is 3.09. The first kappa shape index (κ1) is 13.5. The fourth-order valence-electron chi connectivity index (χ4n) is 2.21. The minimum atomic E-state index is -0.871. The van der Waals surface area contributed by atoms with Gasteiger partial charge < -0.3 is 4.74 Å². The molecule has 1 aliphatic heterocycles. The van der Waals surface area contributed by atoms with E-state index in [1.54, 1.807) is 0 Å². The molecule has 1 aromatic carbocycles. The van der Waals surface area contributed by atoms with Crippen LogP contribution in [0.3, 0.4) is 0 Å². The van der Waals surface area contributed by atoms with Crippen LogP contribution >= 0.6 is 0 Å². The quantitative estimate of drug-likeness (QED) is 0.772. The minimum Gasteiger partial charge on any atom is -0.467 e. The number of methoxy groups -OCH3 is 1. The minimum absolute atomic E-state index is 0.0958. The Morgan fingerprint density at radius 1 is 1.42 bits per heavy atom. The van der Waals surface area contributed by atoms with Crippen molar-refractivity contribution < 1.29 is 23.1 Å². The predicted molar refractivity (Wildman–Crippen MR) is 63.5 cm³/mol. The van der Waals surface area contributed by atoms with Crippen molar-refractivity contribution in [2.75, 3.05) is 12.0 Å². The predicted octanol–water partition coefficient (Wildman–Crippen LogP) is 2.02. The smallest absolute Gasteiger partial charge is 0.328 e. The SMILES string of the molecule is COC(=O)C1CCCC(=O)N1c1ccc(F)cc1F. The van der Waals surface area contributed by atoms with Gasteiger partial charge in [-0.15, -0.1) is 0 Å². The fraction of sp³-hybridized carbons (Fsp3) is 0.385. The molecule has 1 amide bonds. The van der Waals surface area contributed by atoms with Crippen molar-refractivity contribution in [2.24, 2.45) is 0 Å². The number of nitrogens with zero attached hydrogens (tertiary/aromatic N) is 1. The summed E-state index contributed by atoms with van der Waals surface area (Å²) in [4.78, 5) is 24.6. The van der Waals surface area contributed by atoms with Crippen LogP contribution in [0.2, 0.25) is 0 Å². The van der Waals surface area contributed by atoms with Crippen LogP contribution in [0.15, 0.2) is 18.2 Å². The summed E-state index contributed by atoms with van der Waals surface area (Å²) in [6.07, 6.45) is 1.16. The van der Waals surface area contributed by atoms with Crippen LogP contribution in [0, 0.1) is 11.6 Å². The van der Waals surface area contributed by atoms with Gasteiger partial charge in [-0.3, -0.25) is 9.69 Å². The van der Waals surface area contributed by atoms with Gasteiger partial charge in [0.2, 0.25) is 5.91 Å². The highest BCUT2D eigenvalue weighted by Gasteiger charge is 2.36. The zero-order valence-corrected chi connectivity index (χ0v) is 10.4. The van der Waals surface area contributed by atoms with Crippen LogP contribution in [-0.4, -0.2) is 25.0 Å². The number of carbonyl (C=O) groups excluding carboxylic acids is 2. The van der Waals surface area contributed by atoms with E-state index in [1.807, 2.05) is 0 Å². The van der Waals surface area contributed by atoms with Crippen LogP contribution in [0.1, 0.15) is 19.3 Å². The van der Waals surface area contributed by atoms with Gasteiger partial charge in [-0.05, 0) is 25.0 Å². The number of amides is 1. The first-order valence-electron chi connectivity index (χ1n) is 5.89. The van der Waals surface area contributed by atoms with Gasteiger partial charge >= 0.3 is 5.97 Å². The number of rotatable bonds is 2. The lowest BCUT2D eigenvalue weighted by atomic mass is 10.0. The topological polar surface area (TPSA) is 46.6 Å². The number of hydrogen-bond donors (Lipinski definition) is 0. The summed E-state index contributed by atoms with van der Waals surface area (Å²) in [5.41, 5.74) is -0.0958. The number of halogens is 2. The summed E-state index contributed by atoms with van der Waals surface area (Å²) < 4.78 is 31.3. The van der Waals surface area contributed by atoms with E-state index in [4.69, 9.17) is 0 Å². The Kier molecular flexibility index (Phi) is 3.78. The van der Waals surface area contributed by atoms with E-state index in [0.29, 0.717) is 18.9 Å². The van der Waals surface area contributed by atoms with Crippen LogP contribution in [0.4, 0.5) is 14.5 Å². The first-order chi connectivity index (χ1) is 9.04. The van der Waals surface area contributed by atoms with E-state index in [-0.39, 0.29) is 18.0 Å². The maximum Gasteiger partial charge on any atom is 0.328 e. The highest BCUT2D eigenvalue weighted by atomic mass is 19.1. The Morgan fingerprint density at radius 3 is 2.79 bits per heavy atom. The molecule has 1 aliphatic rings. The van der Waals surface area contributed by atoms with Gasteiger partial charge in [0.25, 0.3) is 0 Å². The number of hydrogen-bond acceptors (Lipinski definition) is 3. The second-order valence-electron chi connectivity index (χ2n) is 4.29. The number of esters is 1. The summed E-state index contributed by atoms with van der Waals surface area (Å²) in [5, 5.41) is 0. The lowest BCUT2D eigenvalue weighted by Crippen LogP contribution is -2.49. The molecule has 0 aliphatic carbocycles. The van der Waals surface area contributed by atoms with E-state index in [2.05, 4.69) is 4.74 Å². The van der Waals surface area contributed by atoms with E-state index < -0.39 is 23.6 Å².